The summed E-state index contributed by atoms with van der Waals surface area (Å²) in [7, 11) is 0. The third kappa shape index (κ3) is 3.63. The number of amides is 1. The zero-order valence-electron chi connectivity index (χ0n) is 12.4. The van der Waals surface area contributed by atoms with Crippen LogP contribution in [0.3, 0.4) is 0 Å². The SMILES string of the molecule is O=C(Cn1c(=O)[nH]c2ccccc21)NCCc1cccc(Cl)c1. The maximum absolute atomic E-state index is 12.1. The Morgan fingerprint density at radius 2 is 2.00 bits per heavy atom. The van der Waals surface area contributed by atoms with Crippen LogP contribution in [0.4, 0.5) is 0 Å². The lowest BCUT2D eigenvalue weighted by atomic mass is 10.1. The van der Waals surface area contributed by atoms with Crippen LogP contribution in [0, 0.1) is 0 Å². The lowest BCUT2D eigenvalue weighted by Gasteiger charge is -2.06. The van der Waals surface area contributed by atoms with Gasteiger partial charge in [-0.1, -0.05) is 35.9 Å². The number of carbonyl (C=O) groups is 1. The molecular formula is C17H16ClN3O2. The number of halogens is 1. The number of carbonyl (C=O) groups excluding carboxylic acids is 1. The molecule has 0 atom stereocenters. The first kappa shape index (κ1) is 15.4. The van der Waals surface area contributed by atoms with E-state index < -0.39 is 0 Å². The molecule has 0 aliphatic carbocycles. The van der Waals surface area contributed by atoms with E-state index in [-0.39, 0.29) is 18.1 Å². The number of nitrogens with one attached hydrogen (secondary N) is 2. The second kappa shape index (κ2) is 6.71. The molecule has 0 radical (unpaired) electrons. The summed E-state index contributed by atoms with van der Waals surface area (Å²) < 4.78 is 1.43. The first-order valence-corrected chi connectivity index (χ1v) is 7.70. The zero-order chi connectivity index (χ0) is 16.2. The molecule has 2 aromatic carbocycles. The van der Waals surface area contributed by atoms with Gasteiger partial charge in [0.15, 0.2) is 0 Å². The van der Waals surface area contributed by atoms with E-state index >= 15 is 0 Å². The van der Waals surface area contributed by atoms with Crippen LogP contribution in [-0.4, -0.2) is 22.0 Å². The summed E-state index contributed by atoms with van der Waals surface area (Å²) in [6.45, 7) is 0.495. The Hall–Kier alpha value is -2.53. The molecular weight excluding hydrogens is 314 g/mol. The molecule has 5 nitrogen and oxygen atoms in total. The standard InChI is InChI=1S/C17H16ClN3O2/c18-13-5-3-4-12(10-13)8-9-19-16(22)11-21-15-7-2-1-6-14(15)20-17(21)23/h1-7,10H,8-9,11H2,(H,19,22)(H,20,23). The Bertz CT molecular complexity index is 898. The molecule has 1 heterocycles. The number of aromatic nitrogens is 2. The Labute approximate surface area is 137 Å². The Kier molecular flexibility index (Phi) is 4.48. The topological polar surface area (TPSA) is 66.9 Å². The molecule has 0 bridgehead atoms. The van der Waals surface area contributed by atoms with E-state index in [2.05, 4.69) is 10.3 Å². The molecule has 3 rings (SSSR count). The van der Waals surface area contributed by atoms with E-state index in [1.807, 2.05) is 48.5 Å². The van der Waals surface area contributed by atoms with Crippen molar-refractivity contribution in [2.24, 2.45) is 0 Å². The van der Waals surface area contributed by atoms with Gasteiger partial charge in [0.2, 0.25) is 5.91 Å². The molecule has 1 aromatic heterocycles. The molecule has 0 fully saturated rings. The van der Waals surface area contributed by atoms with Crippen LogP contribution in [-0.2, 0) is 17.8 Å². The van der Waals surface area contributed by atoms with Gasteiger partial charge in [-0.05, 0) is 36.2 Å². The number of imidazole rings is 1. The monoisotopic (exact) mass is 329 g/mol. The number of para-hydroxylation sites is 2. The normalized spacial score (nSPS) is 10.8. The summed E-state index contributed by atoms with van der Waals surface area (Å²) in [5.41, 5.74) is 2.23. The van der Waals surface area contributed by atoms with Gasteiger partial charge in [0.25, 0.3) is 0 Å². The first-order valence-electron chi connectivity index (χ1n) is 7.32. The lowest BCUT2D eigenvalue weighted by Crippen LogP contribution is -2.32. The summed E-state index contributed by atoms with van der Waals surface area (Å²) in [6, 6.07) is 14.8. The highest BCUT2D eigenvalue weighted by molar-refractivity contribution is 6.30. The second-order valence-corrected chi connectivity index (χ2v) is 5.70. The highest BCUT2D eigenvalue weighted by Crippen LogP contribution is 2.11. The molecule has 1 amide bonds. The van der Waals surface area contributed by atoms with E-state index in [1.54, 1.807) is 0 Å². The average Bonchev–Trinajstić information content (AvgIpc) is 2.83. The fourth-order valence-electron chi connectivity index (χ4n) is 2.50. The maximum atomic E-state index is 12.1. The molecule has 0 unspecified atom stereocenters. The Balaban J connectivity index is 1.61. The van der Waals surface area contributed by atoms with Crippen LogP contribution >= 0.6 is 11.6 Å². The van der Waals surface area contributed by atoms with Crippen LogP contribution in [0.5, 0.6) is 0 Å². The van der Waals surface area contributed by atoms with Crippen molar-refractivity contribution in [1.29, 1.82) is 0 Å². The smallest absolute Gasteiger partial charge is 0.326 e. The van der Waals surface area contributed by atoms with Crippen molar-refractivity contribution in [3.05, 3.63) is 69.6 Å². The number of benzene rings is 2. The van der Waals surface area contributed by atoms with E-state index in [9.17, 15) is 9.59 Å². The van der Waals surface area contributed by atoms with Crippen LogP contribution < -0.4 is 11.0 Å². The van der Waals surface area contributed by atoms with Gasteiger partial charge < -0.3 is 10.3 Å². The van der Waals surface area contributed by atoms with E-state index in [4.69, 9.17) is 11.6 Å². The van der Waals surface area contributed by atoms with Crippen molar-refractivity contribution in [2.45, 2.75) is 13.0 Å². The van der Waals surface area contributed by atoms with Gasteiger partial charge in [-0.2, -0.15) is 0 Å². The van der Waals surface area contributed by atoms with Gasteiger partial charge in [0.05, 0.1) is 11.0 Å². The average molecular weight is 330 g/mol. The van der Waals surface area contributed by atoms with Gasteiger partial charge >= 0.3 is 5.69 Å². The van der Waals surface area contributed by atoms with Crippen LogP contribution in [0.2, 0.25) is 5.02 Å². The summed E-state index contributed by atoms with van der Waals surface area (Å²) in [4.78, 5) is 26.7. The molecule has 0 saturated carbocycles. The lowest BCUT2D eigenvalue weighted by molar-refractivity contribution is -0.121. The van der Waals surface area contributed by atoms with Crippen LogP contribution in [0.25, 0.3) is 11.0 Å². The molecule has 0 saturated heterocycles. The zero-order valence-corrected chi connectivity index (χ0v) is 13.1. The van der Waals surface area contributed by atoms with Crippen LogP contribution in [0.1, 0.15) is 5.56 Å². The highest BCUT2D eigenvalue weighted by atomic mass is 35.5. The van der Waals surface area contributed by atoms with Crippen LogP contribution in [0.15, 0.2) is 53.3 Å². The van der Waals surface area contributed by atoms with E-state index in [0.29, 0.717) is 18.0 Å². The van der Waals surface area contributed by atoms with Crippen molar-refractivity contribution in [3.63, 3.8) is 0 Å². The summed E-state index contributed by atoms with van der Waals surface area (Å²) in [5.74, 6) is -0.195. The number of H-pyrrole nitrogens is 1. The van der Waals surface area contributed by atoms with Crippen molar-refractivity contribution >= 4 is 28.5 Å². The fourth-order valence-corrected chi connectivity index (χ4v) is 2.71. The third-order valence-corrected chi connectivity index (χ3v) is 3.84. The fraction of sp³-hybridized carbons (Fsp3) is 0.176. The number of rotatable bonds is 5. The van der Waals surface area contributed by atoms with Gasteiger partial charge in [-0.3, -0.25) is 9.36 Å². The molecule has 3 aromatic rings. The highest BCUT2D eigenvalue weighted by Gasteiger charge is 2.09. The number of hydrogen-bond donors (Lipinski definition) is 2. The van der Waals surface area contributed by atoms with Gasteiger partial charge in [0.1, 0.15) is 6.54 Å². The Morgan fingerprint density at radius 1 is 1.17 bits per heavy atom. The minimum absolute atomic E-state index is 0.00159. The number of nitrogens with zero attached hydrogens (tertiary/aromatic N) is 1. The van der Waals surface area contributed by atoms with Gasteiger partial charge in [-0.15, -0.1) is 0 Å². The Morgan fingerprint density at radius 3 is 2.83 bits per heavy atom. The van der Waals surface area contributed by atoms with E-state index in [0.717, 1.165) is 16.6 Å². The van der Waals surface area contributed by atoms with E-state index in [1.165, 1.54) is 4.57 Å². The number of aromatic amines is 1. The summed E-state index contributed by atoms with van der Waals surface area (Å²) >= 11 is 5.93. The third-order valence-electron chi connectivity index (χ3n) is 3.61. The number of hydrogen-bond acceptors (Lipinski definition) is 2. The summed E-state index contributed by atoms with van der Waals surface area (Å²) in [5, 5.41) is 3.50. The predicted molar refractivity (Wildman–Crippen MR) is 90.7 cm³/mol. The molecule has 2 N–H and O–H groups in total. The van der Waals surface area contributed by atoms with Crippen molar-refractivity contribution < 1.29 is 4.79 Å². The summed E-state index contributed by atoms with van der Waals surface area (Å²) in [6.07, 6.45) is 0.690. The quantitative estimate of drug-likeness (QED) is 0.754. The van der Waals surface area contributed by atoms with Crippen molar-refractivity contribution in [1.82, 2.24) is 14.9 Å². The molecule has 23 heavy (non-hydrogen) atoms. The largest absolute Gasteiger partial charge is 0.354 e. The van der Waals surface area contributed by atoms with Crippen molar-refractivity contribution in [2.75, 3.05) is 6.54 Å². The molecule has 118 valence electrons. The number of fused-ring (bicyclic) bond motifs is 1. The minimum Gasteiger partial charge on any atom is -0.354 e. The minimum atomic E-state index is -0.281. The molecule has 0 aliphatic heterocycles. The van der Waals surface area contributed by atoms with Gasteiger partial charge in [0, 0.05) is 11.6 Å². The first-order chi connectivity index (χ1) is 11.1. The molecule has 6 heteroatoms. The predicted octanol–water partition coefficient (Wildman–Crippen LogP) is 2.34. The second-order valence-electron chi connectivity index (χ2n) is 5.26. The molecule has 0 spiro atoms. The van der Waals surface area contributed by atoms with Gasteiger partial charge in [-0.25, -0.2) is 4.79 Å². The molecule has 0 aliphatic rings. The van der Waals surface area contributed by atoms with Crippen molar-refractivity contribution in [3.8, 4) is 0 Å². The maximum Gasteiger partial charge on any atom is 0.326 e.